The molecule has 0 spiro atoms. The topological polar surface area (TPSA) is 105 Å². The molecule has 1 N–H and O–H groups in total. The Balaban J connectivity index is 1.26. The molecule has 5 rings (SSSR count). The molecule has 184 valence electrons. The number of piperidine rings is 1. The van der Waals surface area contributed by atoms with E-state index in [9.17, 15) is 13.2 Å². The monoisotopic (exact) mass is 494 g/mol. The maximum absolute atomic E-state index is 13.5. The Kier molecular flexibility index (Phi) is 6.46. The van der Waals surface area contributed by atoms with Gasteiger partial charge in [0, 0.05) is 31.5 Å². The van der Waals surface area contributed by atoms with Gasteiger partial charge in [-0.05, 0) is 61.8 Å². The van der Waals surface area contributed by atoms with Gasteiger partial charge in [0.15, 0.2) is 0 Å². The molecule has 2 aromatic carbocycles. The second-order valence-corrected chi connectivity index (χ2v) is 11.4. The summed E-state index contributed by atoms with van der Waals surface area (Å²) in [4.78, 5) is 17.5. The summed E-state index contributed by atoms with van der Waals surface area (Å²) in [6.45, 7) is 4.09. The largest absolute Gasteiger partial charge is 0.349 e. The minimum Gasteiger partial charge on any atom is -0.349 e. The molecule has 2 heterocycles. The van der Waals surface area contributed by atoms with E-state index in [2.05, 4.69) is 27.6 Å². The second kappa shape index (κ2) is 9.54. The zero-order valence-electron chi connectivity index (χ0n) is 20.0. The first-order valence-corrected chi connectivity index (χ1v) is 13.6. The molecule has 1 aliphatic heterocycles. The molecule has 1 fully saturated rings. The Hall–Kier alpha value is -3.04. The van der Waals surface area contributed by atoms with Crippen LogP contribution in [0.3, 0.4) is 0 Å². The van der Waals surface area contributed by atoms with Crippen molar-refractivity contribution in [1.29, 1.82) is 0 Å². The van der Waals surface area contributed by atoms with Crippen LogP contribution in [0.1, 0.15) is 54.3 Å². The summed E-state index contributed by atoms with van der Waals surface area (Å²) in [7, 11) is -3.72. The minimum atomic E-state index is -3.72. The lowest BCUT2D eigenvalue weighted by molar-refractivity contribution is -0.127. The number of nitrogens with zero attached hydrogens (tertiary/aromatic N) is 3. The van der Waals surface area contributed by atoms with Crippen LogP contribution < -0.4 is 5.32 Å². The number of benzene rings is 2. The van der Waals surface area contributed by atoms with Crippen molar-refractivity contribution in [3.63, 3.8) is 0 Å². The molecular formula is C26H30N4O4S. The van der Waals surface area contributed by atoms with Crippen molar-refractivity contribution in [2.75, 3.05) is 13.1 Å². The fourth-order valence-electron chi connectivity index (χ4n) is 5.12. The summed E-state index contributed by atoms with van der Waals surface area (Å²) >= 11 is 0. The quantitative estimate of drug-likeness (QED) is 0.576. The lowest BCUT2D eigenvalue weighted by Crippen LogP contribution is -2.44. The summed E-state index contributed by atoms with van der Waals surface area (Å²) in [5.41, 5.74) is 3.76. The molecular weight excluding hydrogens is 464 g/mol. The molecule has 9 heteroatoms. The molecule has 35 heavy (non-hydrogen) atoms. The fraction of sp³-hybridized carbons (Fsp3) is 0.423. The van der Waals surface area contributed by atoms with Gasteiger partial charge in [0.05, 0.1) is 10.9 Å². The lowest BCUT2D eigenvalue weighted by atomic mass is 9.87. The smallest absolute Gasteiger partial charge is 0.243 e. The van der Waals surface area contributed by atoms with Gasteiger partial charge in [-0.25, -0.2) is 8.42 Å². The number of hydrogen-bond acceptors (Lipinski definition) is 6. The van der Waals surface area contributed by atoms with Crippen molar-refractivity contribution in [3.8, 4) is 11.4 Å². The normalized spacial score (nSPS) is 19.3. The molecule has 1 atom stereocenters. The average molecular weight is 495 g/mol. The first kappa shape index (κ1) is 23.7. The van der Waals surface area contributed by atoms with Crippen molar-refractivity contribution in [1.82, 2.24) is 19.8 Å². The van der Waals surface area contributed by atoms with Crippen LogP contribution in [0.2, 0.25) is 0 Å². The van der Waals surface area contributed by atoms with Crippen LogP contribution in [0.4, 0.5) is 0 Å². The number of sulfonamides is 1. The molecule has 0 saturated carbocycles. The average Bonchev–Trinajstić information content (AvgIpc) is 3.30. The molecule has 1 aromatic heterocycles. The van der Waals surface area contributed by atoms with Crippen molar-refractivity contribution in [3.05, 3.63) is 65.0 Å². The van der Waals surface area contributed by atoms with Crippen LogP contribution >= 0.6 is 0 Å². The van der Waals surface area contributed by atoms with Gasteiger partial charge in [-0.3, -0.25) is 4.79 Å². The summed E-state index contributed by atoms with van der Waals surface area (Å²) in [5, 5.41) is 7.14. The van der Waals surface area contributed by atoms with Crippen LogP contribution in [0.5, 0.6) is 0 Å². The van der Waals surface area contributed by atoms with Crippen molar-refractivity contribution < 1.29 is 17.7 Å². The van der Waals surface area contributed by atoms with Gasteiger partial charge in [0.1, 0.15) is 0 Å². The summed E-state index contributed by atoms with van der Waals surface area (Å²) < 4.78 is 33.5. The van der Waals surface area contributed by atoms with Crippen LogP contribution in [0, 0.1) is 19.8 Å². The maximum atomic E-state index is 13.5. The van der Waals surface area contributed by atoms with E-state index in [0.717, 1.165) is 19.3 Å². The summed E-state index contributed by atoms with van der Waals surface area (Å²) in [5.74, 6) is 0.611. The van der Waals surface area contributed by atoms with E-state index in [-0.39, 0.29) is 22.8 Å². The van der Waals surface area contributed by atoms with E-state index in [1.807, 2.05) is 12.1 Å². The van der Waals surface area contributed by atoms with Crippen LogP contribution in [0.25, 0.3) is 11.4 Å². The Bertz CT molecular complexity index is 1340. The number of hydrogen-bond donors (Lipinski definition) is 1. The van der Waals surface area contributed by atoms with Gasteiger partial charge >= 0.3 is 0 Å². The molecule has 2 aliphatic rings. The third-order valence-electron chi connectivity index (χ3n) is 7.10. The zero-order chi connectivity index (χ0) is 24.6. The third kappa shape index (κ3) is 4.75. The van der Waals surface area contributed by atoms with E-state index in [0.29, 0.717) is 48.8 Å². The third-order valence-corrected chi connectivity index (χ3v) is 9.14. The molecule has 1 aliphatic carbocycles. The molecule has 1 amide bonds. The van der Waals surface area contributed by atoms with Crippen LogP contribution in [0.15, 0.2) is 51.9 Å². The first-order chi connectivity index (χ1) is 16.8. The van der Waals surface area contributed by atoms with E-state index >= 15 is 0 Å². The van der Waals surface area contributed by atoms with Crippen molar-refractivity contribution >= 4 is 15.9 Å². The van der Waals surface area contributed by atoms with E-state index in [4.69, 9.17) is 4.52 Å². The van der Waals surface area contributed by atoms with Crippen LogP contribution in [-0.4, -0.2) is 41.9 Å². The van der Waals surface area contributed by atoms with Gasteiger partial charge in [-0.1, -0.05) is 41.6 Å². The fourth-order valence-corrected chi connectivity index (χ4v) is 6.84. The van der Waals surface area contributed by atoms with Gasteiger partial charge in [-0.2, -0.15) is 9.29 Å². The SMILES string of the molecule is Cc1nc(-c2ccc(C)c(S(=O)(=O)N3CCC(C(=O)N[C@@H]4CCCc5ccccc54)CC3)c2)no1. The second-order valence-electron chi connectivity index (χ2n) is 9.45. The molecule has 8 nitrogen and oxygen atoms in total. The highest BCUT2D eigenvalue weighted by atomic mass is 32.2. The highest BCUT2D eigenvalue weighted by Gasteiger charge is 2.34. The number of carbonyl (C=O) groups is 1. The Morgan fingerprint density at radius 3 is 2.60 bits per heavy atom. The number of nitrogens with one attached hydrogen (secondary N) is 1. The van der Waals surface area contributed by atoms with Gasteiger partial charge in [0.25, 0.3) is 0 Å². The van der Waals surface area contributed by atoms with Crippen molar-refractivity contribution in [2.24, 2.45) is 5.92 Å². The Morgan fingerprint density at radius 1 is 1.09 bits per heavy atom. The van der Waals surface area contributed by atoms with Gasteiger partial charge < -0.3 is 9.84 Å². The van der Waals surface area contributed by atoms with Gasteiger partial charge in [0.2, 0.25) is 27.6 Å². The maximum Gasteiger partial charge on any atom is 0.243 e. The molecule has 1 saturated heterocycles. The molecule has 0 radical (unpaired) electrons. The van der Waals surface area contributed by atoms with E-state index in [1.54, 1.807) is 32.0 Å². The van der Waals surface area contributed by atoms with Crippen molar-refractivity contribution in [2.45, 2.75) is 56.9 Å². The number of carbonyl (C=O) groups excluding carboxylic acids is 1. The Morgan fingerprint density at radius 2 is 1.86 bits per heavy atom. The number of fused-ring (bicyclic) bond motifs is 1. The zero-order valence-corrected chi connectivity index (χ0v) is 20.8. The number of aryl methyl sites for hydroxylation is 3. The Labute approximate surface area is 205 Å². The molecule has 0 bridgehead atoms. The molecule has 3 aromatic rings. The van der Waals surface area contributed by atoms with E-state index in [1.165, 1.54) is 15.4 Å². The number of rotatable bonds is 5. The number of aromatic nitrogens is 2. The minimum absolute atomic E-state index is 0.0226. The predicted octanol–water partition coefficient (Wildman–Crippen LogP) is 3.95. The highest BCUT2D eigenvalue weighted by Crippen LogP contribution is 2.32. The predicted molar refractivity (Wildman–Crippen MR) is 131 cm³/mol. The summed E-state index contributed by atoms with van der Waals surface area (Å²) in [6, 6.07) is 13.5. The molecule has 0 unspecified atom stereocenters. The number of amides is 1. The highest BCUT2D eigenvalue weighted by molar-refractivity contribution is 7.89. The summed E-state index contributed by atoms with van der Waals surface area (Å²) in [6.07, 6.45) is 4.04. The standard InChI is InChI=1S/C26H30N4O4S/c1-17-10-11-21(25-27-18(2)34-29-25)16-24(17)35(32,33)30-14-12-20(13-15-30)26(31)28-23-9-5-7-19-6-3-4-8-22(19)23/h3-4,6,8,10-11,16,20,23H,5,7,9,12-15H2,1-2H3,(H,28,31)/t23-/m1/s1. The van der Waals surface area contributed by atoms with Gasteiger partial charge in [-0.15, -0.1) is 0 Å². The van der Waals surface area contributed by atoms with Crippen LogP contribution in [-0.2, 0) is 21.2 Å². The first-order valence-electron chi connectivity index (χ1n) is 12.1. The van der Waals surface area contributed by atoms with E-state index < -0.39 is 10.0 Å². The lowest BCUT2D eigenvalue weighted by Gasteiger charge is -2.33.